The number of ether oxygens (including phenoxy) is 1. The van der Waals surface area contributed by atoms with Gasteiger partial charge >= 0.3 is 0 Å². The van der Waals surface area contributed by atoms with Crippen molar-refractivity contribution in [1.29, 1.82) is 0 Å². The van der Waals surface area contributed by atoms with E-state index in [0.717, 1.165) is 11.3 Å². The molecule has 1 rings (SSSR count). The zero-order valence-corrected chi connectivity index (χ0v) is 15.8. The highest BCUT2D eigenvalue weighted by Crippen LogP contribution is 2.10. The molecule has 0 fully saturated rings. The number of carbonyl (C=O) groups is 1. The molecular weight excluding hydrogens is 395 g/mol. The molecular formula is C15H25IN4O2. The number of halogens is 1. The molecule has 1 aromatic carbocycles. The van der Waals surface area contributed by atoms with Gasteiger partial charge in [0.05, 0.1) is 6.61 Å². The Kier molecular flexibility index (Phi) is 10.6. The summed E-state index contributed by atoms with van der Waals surface area (Å²) in [5.41, 5.74) is 1.85. The Morgan fingerprint density at radius 2 is 2.14 bits per heavy atom. The molecule has 0 aliphatic carbocycles. The van der Waals surface area contributed by atoms with Crippen LogP contribution in [0.5, 0.6) is 0 Å². The van der Waals surface area contributed by atoms with Gasteiger partial charge in [0.15, 0.2) is 5.96 Å². The molecule has 3 N–H and O–H groups in total. The molecule has 0 aromatic heterocycles. The summed E-state index contributed by atoms with van der Waals surface area (Å²) in [5.74, 6) is 0.635. The van der Waals surface area contributed by atoms with Crippen molar-refractivity contribution in [3.05, 3.63) is 29.8 Å². The van der Waals surface area contributed by atoms with E-state index in [1.165, 1.54) is 6.92 Å². The van der Waals surface area contributed by atoms with Crippen molar-refractivity contribution >= 4 is 41.5 Å². The van der Waals surface area contributed by atoms with E-state index in [1.807, 2.05) is 31.2 Å². The highest BCUT2D eigenvalue weighted by atomic mass is 127. The maximum atomic E-state index is 11.1. The average Bonchev–Trinajstić information content (AvgIpc) is 2.43. The molecule has 0 radical (unpaired) electrons. The summed E-state index contributed by atoms with van der Waals surface area (Å²) in [5, 5.41) is 9.22. The van der Waals surface area contributed by atoms with E-state index in [4.69, 9.17) is 4.74 Å². The highest BCUT2D eigenvalue weighted by Gasteiger charge is 2.05. The number of benzene rings is 1. The molecule has 0 bridgehead atoms. The lowest BCUT2D eigenvalue weighted by Gasteiger charge is -2.17. The van der Waals surface area contributed by atoms with E-state index in [1.54, 1.807) is 14.2 Å². The molecule has 1 unspecified atom stereocenters. The lowest BCUT2D eigenvalue weighted by molar-refractivity contribution is -0.114. The Hall–Kier alpha value is -1.35. The SMILES string of the molecule is CN=C(NCc1cccc(NC(C)=O)c1)NC(C)COC.I. The average molecular weight is 420 g/mol. The van der Waals surface area contributed by atoms with Crippen LogP contribution in [0.3, 0.4) is 0 Å². The summed E-state index contributed by atoms with van der Waals surface area (Å²) in [6.45, 7) is 4.74. The third kappa shape index (κ3) is 8.18. The molecule has 1 atom stereocenters. The van der Waals surface area contributed by atoms with Crippen LogP contribution in [0.1, 0.15) is 19.4 Å². The van der Waals surface area contributed by atoms with Crippen molar-refractivity contribution in [3.8, 4) is 0 Å². The molecule has 1 amide bonds. The van der Waals surface area contributed by atoms with Crippen molar-refractivity contribution in [1.82, 2.24) is 10.6 Å². The number of hydrogen-bond acceptors (Lipinski definition) is 3. The van der Waals surface area contributed by atoms with Gasteiger partial charge in [-0.05, 0) is 24.6 Å². The van der Waals surface area contributed by atoms with Crippen molar-refractivity contribution in [3.63, 3.8) is 0 Å². The molecule has 0 aliphatic rings. The van der Waals surface area contributed by atoms with Crippen molar-refractivity contribution in [2.75, 3.05) is 26.1 Å². The van der Waals surface area contributed by atoms with E-state index < -0.39 is 0 Å². The minimum absolute atomic E-state index is 0. The molecule has 1 aromatic rings. The molecule has 7 heteroatoms. The van der Waals surface area contributed by atoms with Crippen LogP contribution in [0, 0.1) is 0 Å². The summed E-state index contributed by atoms with van der Waals surface area (Å²) >= 11 is 0. The van der Waals surface area contributed by atoms with Crippen LogP contribution in [0.2, 0.25) is 0 Å². The number of amides is 1. The first-order chi connectivity index (χ1) is 10.0. The Balaban J connectivity index is 0.00000441. The maximum absolute atomic E-state index is 11.1. The van der Waals surface area contributed by atoms with Crippen LogP contribution in [0.15, 0.2) is 29.3 Å². The van der Waals surface area contributed by atoms with E-state index in [-0.39, 0.29) is 35.9 Å². The fourth-order valence-corrected chi connectivity index (χ4v) is 1.87. The monoisotopic (exact) mass is 420 g/mol. The minimum Gasteiger partial charge on any atom is -0.383 e. The van der Waals surface area contributed by atoms with Gasteiger partial charge < -0.3 is 20.7 Å². The second kappa shape index (κ2) is 11.2. The molecule has 0 aliphatic heterocycles. The number of carbonyl (C=O) groups excluding carboxylic acids is 1. The van der Waals surface area contributed by atoms with Crippen LogP contribution in [0.25, 0.3) is 0 Å². The smallest absolute Gasteiger partial charge is 0.221 e. The predicted molar refractivity (Wildman–Crippen MR) is 101 cm³/mol. The van der Waals surface area contributed by atoms with Gasteiger partial charge in [0.25, 0.3) is 0 Å². The zero-order valence-electron chi connectivity index (χ0n) is 13.5. The summed E-state index contributed by atoms with van der Waals surface area (Å²) in [6, 6.07) is 7.86. The zero-order chi connectivity index (χ0) is 15.7. The van der Waals surface area contributed by atoms with Crippen molar-refractivity contribution < 1.29 is 9.53 Å². The third-order valence-corrected chi connectivity index (χ3v) is 2.73. The van der Waals surface area contributed by atoms with Crippen LogP contribution >= 0.6 is 24.0 Å². The summed E-state index contributed by atoms with van der Waals surface area (Å²) in [7, 11) is 3.39. The van der Waals surface area contributed by atoms with Crippen LogP contribution in [-0.4, -0.2) is 38.7 Å². The standard InChI is InChI=1S/C15H24N4O2.HI/c1-11(10-21-4)18-15(16-3)17-9-13-6-5-7-14(8-13)19-12(2)20;/h5-8,11H,9-10H2,1-4H3,(H,19,20)(H2,16,17,18);1H. The number of guanidine groups is 1. The largest absolute Gasteiger partial charge is 0.383 e. The van der Waals surface area contributed by atoms with Crippen LogP contribution in [0.4, 0.5) is 5.69 Å². The normalized spacial score (nSPS) is 12.1. The first kappa shape index (κ1) is 20.6. The Bertz CT molecular complexity index is 494. The number of nitrogens with one attached hydrogen (secondary N) is 3. The number of anilines is 1. The van der Waals surface area contributed by atoms with Crippen LogP contribution < -0.4 is 16.0 Å². The maximum Gasteiger partial charge on any atom is 0.221 e. The predicted octanol–water partition coefficient (Wildman–Crippen LogP) is 1.96. The summed E-state index contributed by atoms with van der Waals surface area (Å²) < 4.78 is 5.08. The van der Waals surface area contributed by atoms with Crippen molar-refractivity contribution in [2.24, 2.45) is 4.99 Å². The van der Waals surface area contributed by atoms with Gasteiger partial charge in [0, 0.05) is 39.4 Å². The Labute approximate surface area is 149 Å². The number of hydrogen-bond donors (Lipinski definition) is 3. The molecule has 0 spiro atoms. The van der Waals surface area contributed by atoms with E-state index in [9.17, 15) is 4.79 Å². The highest BCUT2D eigenvalue weighted by molar-refractivity contribution is 14.0. The topological polar surface area (TPSA) is 74.8 Å². The first-order valence-electron chi connectivity index (χ1n) is 6.87. The van der Waals surface area contributed by atoms with Crippen molar-refractivity contribution in [2.45, 2.75) is 26.4 Å². The van der Waals surface area contributed by atoms with Gasteiger partial charge in [-0.2, -0.15) is 0 Å². The number of aliphatic imine (C=N–C) groups is 1. The minimum atomic E-state index is -0.0778. The fraction of sp³-hybridized carbons (Fsp3) is 0.467. The quantitative estimate of drug-likeness (QED) is 0.374. The van der Waals surface area contributed by atoms with E-state index in [0.29, 0.717) is 19.1 Å². The first-order valence-corrected chi connectivity index (χ1v) is 6.87. The number of rotatable bonds is 6. The Morgan fingerprint density at radius 3 is 2.73 bits per heavy atom. The molecule has 22 heavy (non-hydrogen) atoms. The fourth-order valence-electron chi connectivity index (χ4n) is 1.87. The van der Waals surface area contributed by atoms with E-state index in [2.05, 4.69) is 20.9 Å². The lowest BCUT2D eigenvalue weighted by Crippen LogP contribution is -2.43. The van der Waals surface area contributed by atoms with Crippen LogP contribution in [-0.2, 0) is 16.1 Å². The summed E-state index contributed by atoms with van der Waals surface area (Å²) in [6.07, 6.45) is 0. The molecule has 6 nitrogen and oxygen atoms in total. The lowest BCUT2D eigenvalue weighted by atomic mass is 10.2. The molecule has 0 heterocycles. The second-order valence-corrected chi connectivity index (χ2v) is 4.81. The van der Waals surface area contributed by atoms with Gasteiger partial charge in [-0.3, -0.25) is 9.79 Å². The van der Waals surface area contributed by atoms with Gasteiger partial charge in [-0.1, -0.05) is 12.1 Å². The summed E-state index contributed by atoms with van der Waals surface area (Å²) in [4.78, 5) is 15.2. The number of methoxy groups -OCH3 is 1. The molecule has 0 saturated carbocycles. The van der Waals surface area contributed by atoms with Gasteiger partial charge in [-0.15, -0.1) is 24.0 Å². The van der Waals surface area contributed by atoms with E-state index >= 15 is 0 Å². The third-order valence-electron chi connectivity index (χ3n) is 2.73. The molecule has 0 saturated heterocycles. The van der Waals surface area contributed by atoms with Gasteiger partial charge in [0.2, 0.25) is 5.91 Å². The number of nitrogens with zero attached hydrogens (tertiary/aromatic N) is 1. The molecule has 124 valence electrons. The van der Waals surface area contributed by atoms with Gasteiger partial charge in [-0.25, -0.2) is 0 Å². The van der Waals surface area contributed by atoms with Gasteiger partial charge in [0.1, 0.15) is 0 Å². The second-order valence-electron chi connectivity index (χ2n) is 4.81. The Morgan fingerprint density at radius 1 is 1.41 bits per heavy atom.